The molecule has 1 atom stereocenters. The normalized spacial score (nSPS) is 17.3. The fourth-order valence-electron chi connectivity index (χ4n) is 4.86. The summed E-state index contributed by atoms with van der Waals surface area (Å²) in [7, 11) is 0. The Morgan fingerprint density at radius 3 is 2.16 bits per heavy atom. The summed E-state index contributed by atoms with van der Waals surface area (Å²) in [4.78, 5) is 27.9. The van der Waals surface area contributed by atoms with E-state index in [1.807, 2.05) is 30.3 Å². The highest BCUT2D eigenvalue weighted by molar-refractivity contribution is 5.81. The number of rotatable bonds is 9. The summed E-state index contributed by atoms with van der Waals surface area (Å²) >= 11 is 0. The van der Waals surface area contributed by atoms with E-state index in [4.69, 9.17) is 0 Å². The number of fused-ring (bicyclic) bond motifs is 1. The summed E-state index contributed by atoms with van der Waals surface area (Å²) in [5, 5.41) is 6.26. The van der Waals surface area contributed by atoms with Crippen LogP contribution < -0.4 is 10.6 Å². The first-order valence-electron chi connectivity index (χ1n) is 11.6. The van der Waals surface area contributed by atoms with Crippen LogP contribution in [0.2, 0.25) is 0 Å². The number of hydrogen-bond acceptors (Lipinski definition) is 3. The van der Waals surface area contributed by atoms with E-state index in [-0.39, 0.29) is 23.8 Å². The lowest BCUT2D eigenvalue weighted by molar-refractivity contribution is -0.123. The largest absolute Gasteiger partial charge is 0.355 e. The minimum absolute atomic E-state index is 0.0223. The molecule has 5 heteroatoms. The zero-order valence-corrected chi connectivity index (χ0v) is 18.2. The van der Waals surface area contributed by atoms with E-state index in [0.29, 0.717) is 19.4 Å². The fourth-order valence-corrected chi connectivity index (χ4v) is 4.86. The summed E-state index contributed by atoms with van der Waals surface area (Å²) in [6.07, 6.45) is 4.94. The summed E-state index contributed by atoms with van der Waals surface area (Å²) < 4.78 is 0. The van der Waals surface area contributed by atoms with Gasteiger partial charge in [-0.2, -0.15) is 0 Å². The molecule has 31 heavy (non-hydrogen) atoms. The maximum Gasteiger partial charge on any atom is 0.220 e. The van der Waals surface area contributed by atoms with E-state index in [1.165, 1.54) is 24.0 Å². The van der Waals surface area contributed by atoms with Gasteiger partial charge in [0.15, 0.2) is 0 Å². The molecule has 4 rings (SSSR count). The summed E-state index contributed by atoms with van der Waals surface area (Å²) in [5.41, 5.74) is 3.69. The summed E-state index contributed by atoms with van der Waals surface area (Å²) in [6.45, 7) is 3.85. The molecule has 1 heterocycles. The SMILES string of the molecule is O=C(CC(CC(=O)NC1Cc2ccccc2C1)c1ccccc1)NCCN1CCCC1. The van der Waals surface area contributed by atoms with Crippen molar-refractivity contribution in [2.75, 3.05) is 26.2 Å². The molecule has 1 saturated heterocycles. The molecular weight excluding hydrogens is 386 g/mol. The van der Waals surface area contributed by atoms with Crippen molar-refractivity contribution in [1.29, 1.82) is 0 Å². The van der Waals surface area contributed by atoms with Gasteiger partial charge < -0.3 is 15.5 Å². The van der Waals surface area contributed by atoms with Gasteiger partial charge in [-0.1, -0.05) is 54.6 Å². The number of amides is 2. The van der Waals surface area contributed by atoms with Crippen LogP contribution in [0.15, 0.2) is 54.6 Å². The highest BCUT2D eigenvalue weighted by Crippen LogP contribution is 2.25. The molecule has 1 unspecified atom stereocenters. The number of carbonyl (C=O) groups is 2. The lowest BCUT2D eigenvalue weighted by Crippen LogP contribution is -2.37. The number of nitrogens with one attached hydrogen (secondary N) is 2. The van der Waals surface area contributed by atoms with Crippen LogP contribution in [0.4, 0.5) is 0 Å². The molecule has 0 saturated carbocycles. The van der Waals surface area contributed by atoms with Gasteiger partial charge in [0.2, 0.25) is 11.8 Å². The average Bonchev–Trinajstić information content (AvgIpc) is 3.43. The minimum Gasteiger partial charge on any atom is -0.355 e. The second-order valence-electron chi connectivity index (χ2n) is 8.86. The van der Waals surface area contributed by atoms with Crippen LogP contribution in [0.5, 0.6) is 0 Å². The molecule has 1 aliphatic carbocycles. The van der Waals surface area contributed by atoms with Crippen LogP contribution in [0.1, 0.15) is 48.3 Å². The molecule has 2 aliphatic rings. The zero-order chi connectivity index (χ0) is 21.5. The van der Waals surface area contributed by atoms with Crippen molar-refractivity contribution in [3.05, 3.63) is 71.3 Å². The molecule has 1 fully saturated rings. The Morgan fingerprint density at radius 1 is 0.871 bits per heavy atom. The standard InChI is InChI=1S/C26H33N3O2/c30-25(27-12-15-29-13-6-7-14-29)18-23(20-8-2-1-3-9-20)19-26(31)28-24-16-21-10-4-5-11-22(21)17-24/h1-5,8-11,23-24H,6-7,12-19H2,(H,27,30)(H,28,31). The Labute approximate surface area is 185 Å². The van der Waals surface area contributed by atoms with Crippen LogP contribution in [0, 0.1) is 0 Å². The van der Waals surface area contributed by atoms with Crippen molar-refractivity contribution in [1.82, 2.24) is 15.5 Å². The Hall–Kier alpha value is -2.66. The summed E-state index contributed by atoms with van der Waals surface area (Å²) in [6, 6.07) is 18.5. The number of carbonyl (C=O) groups excluding carboxylic acids is 2. The highest BCUT2D eigenvalue weighted by Gasteiger charge is 2.25. The molecule has 0 bridgehead atoms. The lowest BCUT2D eigenvalue weighted by Gasteiger charge is -2.20. The van der Waals surface area contributed by atoms with Gasteiger partial charge in [0.05, 0.1) is 0 Å². The van der Waals surface area contributed by atoms with Gasteiger partial charge in [0, 0.05) is 37.9 Å². The molecule has 0 aromatic heterocycles. The van der Waals surface area contributed by atoms with E-state index in [9.17, 15) is 9.59 Å². The average molecular weight is 420 g/mol. The van der Waals surface area contributed by atoms with E-state index >= 15 is 0 Å². The Kier molecular flexibility index (Phi) is 7.36. The van der Waals surface area contributed by atoms with Gasteiger partial charge in [-0.05, 0) is 55.5 Å². The lowest BCUT2D eigenvalue weighted by atomic mass is 9.91. The quantitative estimate of drug-likeness (QED) is 0.657. The van der Waals surface area contributed by atoms with Crippen molar-refractivity contribution < 1.29 is 9.59 Å². The molecule has 0 spiro atoms. The van der Waals surface area contributed by atoms with Crippen molar-refractivity contribution in [3.63, 3.8) is 0 Å². The third-order valence-electron chi connectivity index (χ3n) is 6.50. The number of hydrogen-bond donors (Lipinski definition) is 2. The molecule has 0 radical (unpaired) electrons. The fraction of sp³-hybridized carbons (Fsp3) is 0.462. The van der Waals surface area contributed by atoms with Gasteiger partial charge >= 0.3 is 0 Å². The molecule has 2 aromatic carbocycles. The highest BCUT2D eigenvalue weighted by atomic mass is 16.2. The van der Waals surface area contributed by atoms with Crippen LogP contribution >= 0.6 is 0 Å². The maximum atomic E-state index is 12.9. The topological polar surface area (TPSA) is 61.4 Å². The Balaban J connectivity index is 1.30. The van der Waals surface area contributed by atoms with Crippen molar-refractivity contribution >= 4 is 11.8 Å². The smallest absolute Gasteiger partial charge is 0.220 e. The minimum atomic E-state index is -0.114. The third kappa shape index (κ3) is 6.17. The second-order valence-corrected chi connectivity index (χ2v) is 8.86. The maximum absolute atomic E-state index is 12.9. The summed E-state index contributed by atoms with van der Waals surface area (Å²) in [5.74, 6) is -0.0672. The van der Waals surface area contributed by atoms with E-state index in [2.05, 4.69) is 39.8 Å². The van der Waals surface area contributed by atoms with Crippen LogP contribution in [-0.4, -0.2) is 48.9 Å². The molecule has 2 N–H and O–H groups in total. The molecule has 164 valence electrons. The van der Waals surface area contributed by atoms with E-state index in [1.54, 1.807) is 0 Å². The molecule has 2 amide bonds. The first kappa shape index (κ1) is 21.6. The first-order chi connectivity index (χ1) is 15.2. The van der Waals surface area contributed by atoms with Gasteiger partial charge in [0.25, 0.3) is 0 Å². The number of likely N-dealkylation sites (tertiary alicyclic amines) is 1. The Morgan fingerprint density at radius 2 is 1.48 bits per heavy atom. The zero-order valence-electron chi connectivity index (χ0n) is 18.2. The predicted octanol–water partition coefficient (Wildman–Crippen LogP) is 3.05. The van der Waals surface area contributed by atoms with E-state index in [0.717, 1.165) is 38.0 Å². The second kappa shape index (κ2) is 10.6. The van der Waals surface area contributed by atoms with Crippen molar-refractivity contribution in [2.24, 2.45) is 0 Å². The van der Waals surface area contributed by atoms with Crippen LogP contribution in [-0.2, 0) is 22.4 Å². The molecule has 5 nitrogen and oxygen atoms in total. The van der Waals surface area contributed by atoms with Crippen LogP contribution in [0.3, 0.4) is 0 Å². The molecule has 1 aliphatic heterocycles. The Bertz CT molecular complexity index is 852. The van der Waals surface area contributed by atoms with Crippen molar-refractivity contribution in [2.45, 2.75) is 50.5 Å². The third-order valence-corrected chi connectivity index (χ3v) is 6.50. The van der Waals surface area contributed by atoms with Gasteiger partial charge in [-0.3, -0.25) is 9.59 Å². The van der Waals surface area contributed by atoms with Gasteiger partial charge in [-0.25, -0.2) is 0 Å². The van der Waals surface area contributed by atoms with Crippen LogP contribution in [0.25, 0.3) is 0 Å². The molecule has 2 aromatic rings. The number of nitrogens with zero attached hydrogens (tertiary/aromatic N) is 1. The van der Waals surface area contributed by atoms with Gasteiger partial charge in [0.1, 0.15) is 0 Å². The first-order valence-corrected chi connectivity index (χ1v) is 11.6. The number of benzene rings is 2. The molecular formula is C26H33N3O2. The monoisotopic (exact) mass is 419 g/mol. The van der Waals surface area contributed by atoms with Crippen molar-refractivity contribution in [3.8, 4) is 0 Å². The van der Waals surface area contributed by atoms with E-state index < -0.39 is 0 Å². The van der Waals surface area contributed by atoms with Gasteiger partial charge in [-0.15, -0.1) is 0 Å². The predicted molar refractivity (Wildman–Crippen MR) is 123 cm³/mol.